The molecule has 0 aromatic rings. The number of amides is 1. The molecule has 1 fully saturated rings. The second kappa shape index (κ2) is 7.54. The first-order valence-electron chi connectivity index (χ1n) is 5.72. The fraction of sp³-hybridized carbons (Fsp3) is 0.818. The summed E-state index contributed by atoms with van der Waals surface area (Å²) >= 11 is 1.94. The molecular formula is C11H19NO3S. The van der Waals surface area contributed by atoms with Gasteiger partial charge >= 0.3 is 5.97 Å². The molecule has 92 valence electrons. The van der Waals surface area contributed by atoms with Crippen molar-refractivity contribution in [3.63, 3.8) is 0 Å². The highest BCUT2D eigenvalue weighted by molar-refractivity contribution is 7.99. The van der Waals surface area contributed by atoms with Gasteiger partial charge in [-0.15, -0.1) is 0 Å². The number of hydrogen-bond donors (Lipinski definition) is 1. The van der Waals surface area contributed by atoms with Gasteiger partial charge in [-0.25, -0.2) is 0 Å². The molecule has 0 saturated carbocycles. The Bertz CT molecular complexity index is 239. The maximum absolute atomic E-state index is 11.5. The second-order valence-corrected chi connectivity index (χ2v) is 5.07. The van der Waals surface area contributed by atoms with Crippen molar-refractivity contribution in [2.24, 2.45) is 5.92 Å². The third-order valence-electron chi connectivity index (χ3n) is 2.55. The maximum atomic E-state index is 11.5. The molecule has 4 nitrogen and oxygen atoms in total. The van der Waals surface area contributed by atoms with Crippen LogP contribution in [0.25, 0.3) is 0 Å². The Kier molecular flexibility index (Phi) is 6.30. The Morgan fingerprint density at radius 1 is 1.38 bits per heavy atom. The zero-order valence-corrected chi connectivity index (χ0v) is 10.5. The maximum Gasteiger partial charge on any atom is 0.325 e. The standard InChI is InChI=1S/C11H19NO3S/c1-2-15-11(14)8-12-10(13)7-9-3-5-16-6-4-9/h9H,2-8H2,1H3,(H,12,13). The van der Waals surface area contributed by atoms with Gasteiger partial charge in [0.2, 0.25) is 5.91 Å². The molecule has 0 unspecified atom stereocenters. The van der Waals surface area contributed by atoms with Crippen LogP contribution < -0.4 is 5.32 Å². The third kappa shape index (κ3) is 5.39. The molecule has 0 radical (unpaired) electrons. The van der Waals surface area contributed by atoms with Gasteiger partial charge in [-0.1, -0.05) is 0 Å². The van der Waals surface area contributed by atoms with E-state index in [0.717, 1.165) is 24.3 Å². The molecule has 0 aromatic carbocycles. The van der Waals surface area contributed by atoms with Gasteiger partial charge < -0.3 is 10.1 Å². The van der Waals surface area contributed by atoms with Gasteiger partial charge in [0.15, 0.2) is 0 Å². The van der Waals surface area contributed by atoms with E-state index in [1.165, 1.54) is 0 Å². The lowest BCUT2D eigenvalue weighted by Gasteiger charge is -2.20. The predicted molar refractivity (Wildman–Crippen MR) is 64.3 cm³/mol. The van der Waals surface area contributed by atoms with Gasteiger partial charge in [0.25, 0.3) is 0 Å². The van der Waals surface area contributed by atoms with Crippen LogP contribution in [0.15, 0.2) is 0 Å². The van der Waals surface area contributed by atoms with E-state index in [0.29, 0.717) is 18.9 Å². The predicted octanol–water partition coefficient (Wildman–Crippen LogP) is 1.20. The molecule has 1 aliphatic heterocycles. The molecule has 0 bridgehead atoms. The zero-order chi connectivity index (χ0) is 11.8. The van der Waals surface area contributed by atoms with Gasteiger partial charge in [-0.05, 0) is 37.2 Å². The number of carbonyl (C=O) groups excluding carboxylic acids is 2. The normalized spacial score (nSPS) is 16.8. The zero-order valence-electron chi connectivity index (χ0n) is 9.66. The highest BCUT2D eigenvalue weighted by Crippen LogP contribution is 2.24. The molecule has 0 aliphatic carbocycles. The van der Waals surface area contributed by atoms with Gasteiger partial charge in [0.05, 0.1) is 6.61 Å². The number of hydrogen-bond acceptors (Lipinski definition) is 4. The van der Waals surface area contributed by atoms with Crippen LogP contribution in [0.5, 0.6) is 0 Å². The van der Waals surface area contributed by atoms with Crippen LogP contribution in [0.2, 0.25) is 0 Å². The Balaban J connectivity index is 2.12. The van der Waals surface area contributed by atoms with Crippen LogP contribution in [-0.4, -0.2) is 36.5 Å². The minimum Gasteiger partial charge on any atom is -0.465 e. The summed E-state index contributed by atoms with van der Waals surface area (Å²) < 4.78 is 4.73. The first-order chi connectivity index (χ1) is 7.72. The number of carbonyl (C=O) groups is 2. The summed E-state index contributed by atoms with van der Waals surface area (Å²) in [6, 6.07) is 0. The lowest BCUT2D eigenvalue weighted by molar-refractivity contribution is -0.143. The summed E-state index contributed by atoms with van der Waals surface area (Å²) in [5.74, 6) is 2.38. The lowest BCUT2D eigenvalue weighted by atomic mass is 9.98. The van der Waals surface area contributed by atoms with Crippen molar-refractivity contribution >= 4 is 23.6 Å². The van der Waals surface area contributed by atoms with Crippen LogP contribution in [0.4, 0.5) is 0 Å². The molecule has 1 saturated heterocycles. The van der Waals surface area contributed by atoms with Gasteiger partial charge in [0, 0.05) is 6.42 Å². The topological polar surface area (TPSA) is 55.4 Å². The summed E-state index contributed by atoms with van der Waals surface area (Å²) in [6.07, 6.45) is 2.76. The summed E-state index contributed by atoms with van der Waals surface area (Å²) in [7, 11) is 0. The van der Waals surface area contributed by atoms with Crippen molar-refractivity contribution < 1.29 is 14.3 Å². The largest absolute Gasteiger partial charge is 0.465 e. The minimum absolute atomic E-state index is 0.00581. The molecule has 5 heteroatoms. The first kappa shape index (κ1) is 13.4. The Morgan fingerprint density at radius 2 is 2.06 bits per heavy atom. The van der Waals surface area contributed by atoms with Crippen molar-refractivity contribution in [2.45, 2.75) is 26.2 Å². The van der Waals surface area contributed by atoms with Crippen LogP contribution in [0, 0.1) is 5.92 Å². The lowest BCUT2D eigenvalue weighted by Crippen LogP contribution is -2.32. The van der Waals surface area contributed by atoms with E-state index in [1.54, 1.807) is 6.92 Å². The average Bonchev–Trinajstić information content (AvgIpc) is 2.28. The highest BCUT2D eigenvalue weighted by Gasteiger charge is 2.17. The van der Waals surface area contributed by atoms with Crippen molar-refractivity contribution in [2.75, 3.05) is 24.7 Å². The van der Waals surface area contributed by atoms with E-state index >= 15 is 0 Å². The first-order valence-corrected chi connectivity index (χ1v) is 6.88. The molecule has 1 heterocycles. The van der Waals surface area contributed by atoms with Crippen LogP contribution in [-0.2, 0) is 14.3 Å². The number of esters is 1. The van der Waals surface area contributed by atoms with Gasteiger partial charge in [-0.3, -0.25) is 9.59 Å². The summed E-state index contributed by atoms with van der Waals surface area (Å²) in [5.41, 5.74) is 0. The van der Waals surface area contributed by atoms with E-state index in [1.807, 2.05) is 11.8 Å². The van der Waals surface area contributed by atoms with Gasteiger partial charge in [-0.2, -0.15) is 11.8 Å². The van der Waals surface area contributed by atoms with Crippen LogP contribution in [0.1, 0.15) is 26.2 Å². The van der Waals surface area contributed by atoms with Gasteiger partial charge in [0.1, 0.15) is 6.54 Å². The van der Waals surface area contributed by atoms with Crippen LogP contribution in [0.3, 0.4) is 0 Å². The monoisotopic (exact) mass is 245 g/mol. The number of thioether (sulfide) groups is 1. The molecule has 0 atom stereocenters. The Morgan fingerprint density at radius 3 is 2.69 bits per heavy atom. The molecular weight excluding hydrogens is 226 g/mol. The average molecular weight is 245 g/mol. The third-order valence-corrected chi connectivity index (χ3v) is 3.60. The van der Waals surface area contributed by atoms with E-state index in [9.17, 15) is 9.59 Å². The van der Waals surface area contributed by atoms with E-state index in [2.05, 4.69) is 5.32 Å². The SMILES string of the molecule is CCOC(=O)CNC(=O)CC1CCSCC1. The fourth-order valence-electron chi connectivity index (χ4n) is 1.67. The van der Waals surface area contributed by atoms with Crippen molar-refractivity contribution in [3.05, 3.63) is 0 Å². The molecule has 1 N–H and O–H groups in total. The quantitative estimate of drug-likeness (QED) is 0.739. The molecule has 1 rings (SSSR count). The molecule has 1 aliphatic rings. The van der Waals surface area contributed by atoms with Crippen molar-refractivity contribution in [1.82, 2.24) is 5.32 Å². The number of rotatable bonds is 5. The smallest absolute Gasteiger partial charge is 0.325 e. The summed E-state index contributed by atoms with van der Waals surface area (Å²) in [5, 5.41) is 2.59. The number of nitrogens with one attached hydrogen (secondary N) is 1. The summed E-state index contributed by atoms with van der Waals surface area (Å²) in [6.45, 7) is 2.10. The van der Waals surface area contributed by atoms with Crippen LogP contribution >= 0.6 is 11.8 Å². The van der Waals surface area contributed by atoms with E-state index in [4.69, 9.17) is 4.74 Å². The highest BCUT2D eigenvalue weighted by atomic mass is 32.2. The number of ether oxygens (including phenoxy) is 1. The molecule has 1 amide bonds. The minimum atomic E-state index is -0.366. The molecule has 16 heavy (non-hydrogen) atoms. The fourth-order valence-corrected chi connectivity index (χ4v) is 2.87. The van der Waals surface area contributed by atoms with E-state index in [-0.39, 0.29) is 18.4 Å². The molecule has 0 spiro atoms. The van der Waals surface area contributed by atoms with Crippen molar-refractivity contribution in [3.8, 4) is 0 Å². The Labute approximate surface area is 100 Å². The summed E-state index contributed by atoms with van der Waals surface area (Å²) in [4.78, 5) is 22.5. The second-order valence-electron chi connectivity index (χ2n) is 3.84. The van der Waals surface area contributed by atoms with Crippen molar-refractivity contribution in [1.29, 1.82) is 0 Å². The van der Waals surface area contributed by atoms with E-state index < -0.39 is 0 Å². The molecule has 0 aromatic heterocycles. The Hall–Kier alpha value is -0.710.